The zero-order valence-corrected chi connectivity index (χ0v) is 22.7. The lowest BCUT2D eigenvalue weighted by molar-refractivity contribution is -0.139. The van der Waals surface area contributed by atoms with Crippen LogP contribution in [0.5, 0.6) is 11.6 Å². The van der Waals surface area contributed by atoms with Crippen molar-refractivity contribution in [1.82, 2.24) is 4.98 Å². The quantitative estimate of drug-likeness (QED) is 0.302. The summed E-state index contributed by atoms with van der Waals surface area (Å²) >= 11 is 0. The highest BCUT2D eigenvalue weighted by Crippen LogP contribution is 2.61. The van der Waals surface area contributed by atoms with Crippen molar-refractivity contribution in [1.29, 1.82) is 0 Å². The summed E-state index contributed by atoms with van der Waals surface area (Å²) in [5, 5.41) is 9.34. The first kappa shape index (κ1) is 26.1. The lowest BCUT2D eigenvalue weighted by atomic mass is 9.99. The van der Waals surface area contributed by atoms with E-state index in [4.69, 9.17) is 9.47 Å². The lowest BCUT2D eigenvalue weighted by Crippen LogP contribution is -2.28. The number of pyridine rings is 1. The highest BCUT2D eigenvalue weighted by molar-refractivity contribution is 8.24. The molecule has 4 atom stereocenters. The summed E-state index contributed by atoms with van der Waals surface area (Å²) in [4.78, 5) is 16.0. The summed E-state index contributed by atoms with van der Waals surface area (Å²) in [5.74, 6) is 0.772. The minimum Gasteiger partial charge on any atom is -0.486 e. The molecule has 39 heavy (non-hydrogen) atoms. The third kappa shape index (κ3) is 5.11. The third-order valence-electron chi connectivity index (χ3n) is 8.32. The molecule has 1 unspecified atom stereocenters. The number of halogens is 1. The molecule has 2 aromatic carbocycles. The van der Waals surface area contributed by atoms with Gasteiger partial charge in [-0.05, 0) is 73.2 Å². The van der Waals surface area contributed by atoms with Gasteiger partial charge in [-0.25, -0.2) is 9.37 Å². The molecule has 1 aromatic heterocycles. The molecule has 1 saturated carbocycles. The van der Waals surface area contributed by atoms with E-state index in [-0.39, 0.29) is 29.7 Å². The molecule has 3 aliphatic rings. The number of rotatable bonds is 7. The zero-order valence-electron chi connectivity index (χ0n) is 21.8. The first-order valence-corrected chi connectivity index (χ1v) is 15.2. The fourth-order valence-electron chi connectivity index (χ4n) is 6.17. The van der Waals surface area contributed by atoms with E-state index >= 15 is 0 Å². The van der Waals surface area contributed by atoms with E-state index in [9.17, 15) is 23.4 Å². The van der Waals surface area contributed by atoms with Crippen LogP contribution >= 0.6 is 10.6 Å². The number of benzene rings is 2. The fourth-order valence-corrected chi connectivity index (χ4v) is 7.66. The van der Waals surface area contributed by atoms with Gasteiger partial charge in [-0.2, -0.15) is 10.6 Å². The molecule has 6 rings (SSSR count). The second kappa shape index (κ2) is 9.80. The van der Waals surface area contributed by atoms with Crippen molar-refractivity contribution >= 4 is 16.6 Å². The van der Waals surface area contributed by atoms with Gasteiger partial charge in [-0.15, -0.1) is 0 Å². The second-order valence-electron chi connectivity index (χ2n) is 10.9. The Morgan fingerprint density at radius 2 is 1.87 bits per heavy atom. The third-order valence-corrected chi connectivity index (χ3v) is 10.1. The van der Waals surface area contributed by atoms with Crippen LogP contribution in [0.1, 0.15) is 54.2 Å². The van der Waals surface area contributed by atoms with Gasteiger partial charge in [0.05, 0.1) is 5.92 Å². The van der Waals surface area contributed by atoms with Crippen molar-refractivity contribution in [2.45, 2.75) is 51.2 Å². The van der Waals surface area contributed by atoms with Crippen molar-refractivity contribution in [3.8, 4) is 22.8 Å². The lowest BCUT2D eigenvalue weighted by Gasteiger charge is -2.38. The number of aromatic nitrogens is 1. The van der Waals surface area contributed by atoms with E-state index in [0.717, 1.165) is 34.4 Å². The van der Waals surface area contributed by atoms with Crippen LogP contribution in [0.15, 0.2) is 48.5 Å². The molecule has 2 fully saturated rings. The Morgan fingerprint density at radius 3 is 2.59 bits per heavy atom. The number of aryl methyl sites for hydroxylation is 1. The predicted molar refractivity (Wildman–Crippen MR) is 147 cm³/mol. The first-order chi connectivity index (χ1) is 18.6. The number of hydrogen-bond donors (Lipinski definition) is 3. The SMILES string of the molecule is Cc1nc(OC2CCS(O)(O)CC2)ccc1-c1ccc(F)c(C(C)Oc2ccc3c(c2)C[C@H]2[C@H](C(=O)O)[C@@H]32)c1. The molecule has 1 aliphatic heterocycles. The van der Waals surface area contributed by atoms with E-state index in [1.165, 1.54) is 6.07 Å². The molecule has 0 spiro atoms. The summed E-state index contributed by atoms with van der Waals surface area (Å²) in [7, 11) is -2.46. The number of aliphatic carboxylic acids is 1. The van der Waals surface area contributed by atoms with Crippen molar-refractivity contribution in [3.63, 3.8) is 0 Å². The number of carboxylic acids is 1. The average Bonchev–Trinajstić information content (AvgIpc) is 3.48. The molecular weight excluding hydrogens is 521 g/mol. The van der Waals surface area contributed by atoms with Gasteiger partial charge in [0.1, 0.15) is 23.8 Å². The first-order valence-electron chi connectivity index (χ1n) is 13.3. The normalized spacial score (nSPS) is 24.8. The van der Waals surface area contributed by atoms with Gasteiger partial charge in [-0.1, -0.05) is 12.1 Å². The van der Waals surface area contributed by atoms with Gasteiger partial charge >= 0.3 is 5.97 Å². The largest absolute Gasteiger partial charge is 0.486 e. The van der Waals surface area contributed by atoms with E-state index in [1.807, 2.05) is 38.1 Å². The molecule has 0 amide bonds. The summed E-state index contributed by atoms with van der Waals surface area (Å²) < 4.78 is 46.7. The standard InChI is InChI=1S/C30H32FNO6S/c1-16-22(6-8-27(32-16)38-20-9-11-39(35,36)12-10-20)18-3-7-26(31)24(14-18)17(2)37-21-4-5-23-19(13-21)15-25-28(23)29(25)30(33)34/h3-8,13-14,17,20,25,28-29,35-36H,9-12,15H2,1-2H3,(H,33,34)/t17?,25-,28+,29+/m1/s1. The van der Waals surface area contributed by atoms with Crippen LogP contribution in [-0.4, -0.2) is 42.8 Å². The van der Waals surface area contributed by atoms with Crippen molar-refractivity contribution < 1.29 is 32.9 Å². The summed E-state index contributed by atoms with van der Waals surface area (Å²) in [6.45, 7) is 3.70. The van der Waals surface area contributed by atoms with Crippen LogP contribution in [0, 0.1) is 24.6 Å². The highest BCUT2D eigenvalue weighted by Gasteiger charge is 2.59. The zero-order chi connectivity index (χ0) is 27.5. The average molecular weight is 554 g/mol. The number of ether oxygens (including phenoxy) is 2. The topological polar surface area (TPSA) is 109 Å². The number of carboxylic acid groups (broad SMARTS) is 1. The van der Waals surface area contributed by atoms with Gasteiger partial charge in [0.25, 0.3) is 0 Å². The maximum atomic E-state index is 14.9. The number of fused-ring (bicyclic) bond motifs is 3. The Bertz CT molecular complexity index is 1430. The van der Waals surface area contributed by atoms with Gasteiger partial charge in [0, 0.05) is 53.2 Å². The molecular formula is C30H32FNO6S. The Morgan fingerprint density at radius 1 is 1.10 bits per heavy atom. The molecule has 2 heterocycles. The van der Waals surface area contributed by atoms with Gasteiger partial charge in [0.15, 0.2) is 0 Å². The van der Waals surface area contributed by atoms with E-state index in [1.54, 1.807) is 18.2 Å². The Kier molecular flexibility index (Phi) is 6.56. The van der Waals surface area contributed by atoms with Crippen LogP contribution in [-0.2, 0) is 11.2 Å². The van der Waals surface area contributed by atoms with Crippen LogP contribution in [0.4, 0.5) is 4.39 Å². The van der Waals surface area contributed by atoms with Crippen LogP contribution in [0.3, 0.4) is 0 Å². The molecule has 3 aromatic rings. The van der Waals surface area contributed by atoms with Crippen molar-refractivity contribution in [2.75, 3.05) is 11.5 Å². The molecule has 3 N–H and O–H groups in total. The fraction of sp³-hybridized carbons (Fsp3) is 0.400. The van der Waals surface area contributed by atoms with Crippen LogP contribution in [0.2, 0.25) is 0 Å². The predicted octanol–water partition coefficient (Wildman–Crippen LogP) is 6.60. The molecule has 9 heteroatoms. The minimum absolute atomic E-state index is 0.0957. The molecule has 1 saturated heterocycles. The van der Waals surface area contributed by atoms with Crippen molar-refractivity contribution in [3.05, 3.63) is 76.7 Å². The maximum absolute atomic E-state index is 14.9. The van der Waals surface area contributed by atoms with Crippen LogP contribution < -0.4 is 9.47 Å². The molecule has 0 radical (unpaired) electrons. The van der Waals surface area contributed by atoms with E-state index < -0.39 is 22.7 Å². The number of nitrogens with zero attached hydrogens (tertiary/aromatic N) is 1. The molecule has 7 nitrogen and oxygen atoms in total. The monoisotopic (exact) mass is 553 g/mol. The second-order valence-corrected chi connectivity index (χ2v) is 13.3. The van der Waals surface area contributed by atoms with Gasteiger partial charge in [-0.3, -0.25) is 13.9 Å². The van der Waals surface area contributed by atoms with Gasteiger partial charge < -0.3 is 14.6 Å². The summed E-state index contributed by atoms with van der Waals surface area (Å²) in [6, 6.07) is 14.4. The Balaban J connectivity index is 1.15. The van der Waals surface area contributed by atoms with Crippen molar-refractivity contribution in [2.24, 2.45) is 11.8 Å². The summed E-state index contributed by atoms with van der Waals surface area (Å²) in [6.07, 6.45) is 1.27. The smallest absolute Gasteiger partial charge is 0.307 e. The van der Waals surface area contributed by atoms with E-state index in [2.05, 4.69) is 4.98 Å². The Labute approximate surface area is 228 Å². The van der Waals surface area contributed by atoms with Gasteiger partial charge in [0.2, 0.25) is 5.88 Å². The minimum atomic E-state index is -2.46. The van der Waals surface area contributed by atoms with E-state index in [0.29, 0.717) is 41.5 Å². The molecule has 2 aliphatic carbocycles. The number of carbonyl (C=O) groups is 1. The van der Waals surface area contributed by atoms with Crippen LogP contribution in [0.25, 0.3) is 11.1 Å². The highest BCUT2D eigenvalue weighted by atomic mass is 32.3. The maximum Gasteiger partial charge on any atom is 0.307 e. The number of hydrogen-bond acceptors (Lipinski definition) is 6. The Hall–Kier alpha value is -3.14. The summed E-state index contributed by atoms with van der Waals surface area (Å²) in [5.41, 5.74) is 5.07. The molecule has 0 bridgehead atoms. The molecule has 206 valence electrons.